The first-order chi connectivity index (χ1) is 9.08. The Hall–Kier alpha value is -2.30. The van der Waals surface area contributed by atoms with Crippen molar-refractivity contribution in [3.8, 4) is 22.6 Å². The molecule has 0 aliphatic carbocycles. The summed E-state index contributed by atoms with van der Waals surface area (Å²) in [5, 5.41) is 0. The molecular formula is C14H13F2NO2. The second-order valence-corrected chi connectivity index (χ2v) is 3.89. The van der Waals surface area contributed by atoms with E-state index >= 15 is 0 Å². The number of hydrogen-bond donors (Lipinski definition) is 1. The number of nitrogens with two attached hydrogens (primary N) is 1. The summed E-state index contributed by atoms with van der Waals surface area (Å²) in [4.78, 5) is 0. The molecule has 0 saturated carbocycles. The van der Waals surface area contributed by atoms with Gasteiger partial charge in [-0.15, -0.1) is 0 Å². The molecule has 2 rings (SSSR count). The Bertz CT molecular complexity index is 592. The lowest BCUT2D eigenvalue weighted by Crippen LogP contribution is -1.98. The van der Waals surface area contributed by atoms with E-state index < -0.39 is 11.6 Å². The van der Waals surface area contributed by atoms with Crippen LogP contribution in [0.25, 0.3) is 11.1 Å². The zero-order chi connectivity index (χ0) is 14.0. The van der Waals surface area contributed by atoms with E-state index in [1.807, 2.05) is 0 Å². The van der Waals surface area contributed by atoms with Gasteiger partial charge in [0, 0.05) is 11.6 Å². The van der Waals surface area contributed by atoms with E-state index in [-0.39, 0.29) is 11.3 Å². The molecule has 0 aromatic heterocycles. The van der Waals surface area contributed by atoms with E-state index in [9.17, 15) is 8.78 Å². The zero-order valence-corrected chi connectivity index (χ0v) is 10.5. The monoisotopic (exact) mass is 265 g/mol. The molecule has 19 heavy (non-hydrogen) atoms. The van der Waals surface area contributed by atoms with Crippen molar-refractivity contribution in [1.29, 1.82) is 0 Å². The maximum atomic E-state index is 14.0. The first kappa shape index (κ1) is 13.1. The van der Waals surface area contributed by atoms with Crippen LogP contribution < -0.4 is 15.2 Å². The molecule has 0 atom stereocenters. The van der Waals surface area contributed by atoms with Crippen molar-refractivity contribution in [2.45, 2.75) is 0 Å². The van der Waals surface area contributed by atoms with Crippen LogP contribution in [-0.4, -0.2) is 14.2 Å². The molecule has 5 heteroatoms. The highest BCUT2D eigenvalue weighted by atomic mass is 19.1. The molecule has 0 saturated heterocycles. The molecule has 0 heterocycles. The minimum absolute atomic E-state index is 0.0426. The first-order valence-electron chi connectivity index (χ1n) is 5.54. The lowest BCUT2D eigenvalue weighted by molar-refractivity contribution is 0.397. The fourth-order valence-electron chi connectivity index (χ4n) is 1.87. The number of rotatable bonds is 3. The number of ether oxygens (including phenoxy) is 2. The number of halogens is 2. The van der Waals surface area contributed by atoms with Crippen LogP contribution in [0.15, 0.2) is 30.3 Å². The smallest absolute Gasteiger partial charge is 0.146 e. The largest absolute Gasteiger partial charge is 0.496 e. The lowest BCUT2D eigenvalue weighted by Gasteiger charge is -2.14. The Labute approximate surface area is 109 Å². The Morgan fingerprint density at radius 2 is 1.53 bits per heavy atom. The Morgan fingerprint density at radius 1 is 0.947 bits per heavy atom. The molecular weight excluding hydrogens is 252 g/mol. The Morgan fingerprint density at radius 3 is 2.05 bits per heavy atom. The molecule has 0 aliphatic heterocycles. The van der Waals surface area contributed by atoms with Gasteiger partial charge in [0.1, 0.15) is 23.1 Å². The standard InChI is InChI=1S/C14H13F2NO2/c1-18-12-4-3-5-13(19-2)14(12)8-6-10(16)11(17)7-9(8)15/h3-7H,17H2,1-2H3. The van der Waals surface area contributed by atoms with Crippen molar-refractivity contribution >= 4 is 5.69 Å². The van der Waals surface area contributed by atoms with E-state index in [4.69, 9.17) is 15.2 Å². The highest BCUT2D eigenvalue weighted by Crippen LogP contribution is 2.40. The third kappa shape index (κ3) is 2.31. The third-order valence-electron chi connectivity index (χ3n) is 2.78. The van der Waals surface area contributed by atoms with E-state index in [0.717, 1.165) is 12.1 Å². The van der Waals surface area contributed by atoms with Crippen LogP contribution in [0.4, 0.5) is 14.5 Å². The molecule has 0 bridgehead atoms. The van der Waals surface area contributed by atoms with Crippen LogP contribution in [0.3, 0.4) is 0 Å². The van der Waals surface area contributed by atoms with Gasteiger partial charge in [-0.2, -0.15) is 0 Å². The van der Waals surface area contributed by atoms with E-state index in [1.54, 1.807) is 18.2 Å². The highest BCUT2D eigenvalue weighted by molar-refractivity contribution is 5.78. The molecule has 0 amide bonds. The number of anilines is 1. The predicted molar refractivity (Wildman–Crippen MR) is 69.3 cm³/mol. The maximum absolute atomic E-state index is 14.0. The van der Waals surface area contributed by atoms with Crippen molar-refractivity contribution in [3.63, 3.8) is 0 Å². The second kappa shape index (κ2) is 5.14. The van der Waals surface area contributed by atoms with Gasteiger partial charge in [0.05, 0.1) is 25.5 Å². The summed E-state index contributed by atoms with van der Waals surface area (Å²) >= 11 is 0. The molecule has 2 N–H and O–H groups in total. The van der Waals surface area contributed by atoms with Crippen LogP contribution in [0, 0.1) is 11.6 Å². The van der Waals surface area contributed by atoms with Crippen molar-refractivity contribution in [3.05, 3.63) is 42.0 Å². The fraction of sp³-hybridized carbons (Fsp3) is 0.143. The first-order valence-corrected chi connectivity index (χ1v) is 5.54. The van der Waals surface area contributed by atoms with Gasteiger partial charge < -0.3 is 15.2 Å². The summed E-state index contributed by atoms with van der Waals surface area (Å²) in [5.41, 5.74) is 5.48. The molecule has 0 radical (unpaired) electrons. The molecule has 0 spiro atoms. The minimum Gasteiger partial charge on any atom is -0.496 e. The highest BCUT2D eigenvalue weighted by Gasteiger charge is 2.18. The van der Waals surface area contributed by atoms with Gasteiger partial charge in [0.15, 0.2) is 0 Å². The average Bonchev–Trinajstić information content (AvgIpc) is 2.42. The number of hydrogen-bond acceptors (Lipinski definition) is 3. The average molecular weight is 265 g/mol. The summed E-state index contributed by atoms with van der Waals surface area (Å²) in [6.45, 7) is 0. The van der Waals surface area contributed by atoms with E-state index in [1.165, 1.54) is 14.2 Å². The van der Waals surface area contributed by atoms with Gasteiger partial charge in [-0.05, 0) is 18.2 Å². The van der Waals surface area contributed by atoms with Crippen LogP contribution >= 0.6 is 0 Å². The van der Waals surface area contributed by atoms with E-state index in [0.29, 0.717) is 17.1 Å². The van der Waals surface area contributed by atoms with Gasteiger partial charge in [0.25, 0.3) is 0 Å². The Kier molecular flexibility index (Phi) is 3.55. The van der Waals surface area contributed by atoms with Crippen LogP contribution in [0.5, 0.6) is 11.5 Å². The fourth-order valence-corrected chi connectivity index (χ4v) is 1.87. The molecule has 2 aromatic rings. The van der Waals surface area contributed by atoms with Gasteiger partial charge in [-0.3, -0.25) is 0 Å². The SMILES string of the molecule is COc1cccc(OC)c1-c1cc(F)c(N)cc1F. The second-order valence-electron chi connectivity index (χ2n) is 3.89. The maximum Gasteiger partial charge on any atom is 0.146 e. The number of benzene rings is 2. The summed E-state index contributed by atoms with van der Waals surface area (Å²) in [5.74, 6) is -0.545. The summed E-state index contributed by atoms with van der Waals surface area (Å²) in [7, 11) is 2.90. The molecule has 0 aliphatic rings. The minimum atomic E-state index is -0.690. The van der Waals surface area contributed by atoms with Crippen molar-refractivity contribution in [2.24, 2.45) is 0 Å². The Balaban J connectivity index is 2.74. The zero-order valence-electron chi connectivity index (χ0n) is 10.5. The van der Waals surface area contributed by atoms with Gasteiger partial charge in [-0.25, -0.2) is 8.78 Å². The van der Waals surface area contributed by atoms with E-state index in [2.05, 4.69) is 0 Å². The molecule has 0 unspecified atom stereocenters. The van der Waals surface area contributed by atoms with Gasteiger partial charge in [0.2, 0.25) is 0 Å². The van der Waals surface area contributed by atoms with Crippen LogP contribution in [0.2, 0.25) is 0 Å². The quantitative estimate of drug-likeness (QED) is 0.866. The summed E-state index contributed by atoms with van der Waals surface area (Å²) in [6, 6.07) is 6.96. The third-order valence-corrected chi connectivity index (χ3v) is 2.78. The molecule has 0 fully saturated rings. The van der Waals surface area contributed by atoms with Crippen molar-refractivity contribution in [2.75, 3.05) is 20.0 Å². The van der Waals surface area contributed by atoms with Gasteiger partial charge in [-0.1, -0.05) is 6.07 Å². The predicted octanol–water partition coefficient (Wildman–Crippen LogP) is 3.23. The van der Waals surface area contributed by atoms with Crippen molar-refractivity contribution < 1.29 is 18.3 Å². The summed E-state index contributed by atoms with van der Waals surface area (Å²) in [6.07, 6.45) is 0. The molecule has 2 aromatic carbocycles. The normalized spacial score (nSPS) is 10.3. The number of nitrogen functional groups attached to an aromatic ring is 1. The lowest BCUT2D eigenvalue weighted by atomic mass is 10.0. The van der Waals surface area contributed by atoms with Crippen LogP contribution in [-0.2, 0) is 0 Å². The summed E-state index contributed by atoms with van der Waals surface area (Å²) < 4.78 is 37.9. The molecule has 3 nitrogen and oxygen atoms in total. The number of methoxy groups -OCH3 is 2. The topological polar surface area (TPSA) is 44.5 Å². The van der Waals surface area contributed by atoms with Crippen LogP contribution in [0.1, 0.15) is 0 Å². The molecule has 100 valence electrons. The van der Waals surface area contributed by atoms with Gasteiger partial charge >= 0.3 is 0 Å². The van der Waals surface area contributed by atoms with Crippen molar-refractivity contribution in [1.82, 2.24) is 0 Å².